The summed E-state index contributed by atoms with van der Waals surface area (Å²) in [7, 11) is 0. The molecule has 0 unspecified atom stereocenters. The largest absolute Gasteiger partial charge is 0.467 e. The van der Waals surface area contributed by atoms with Crippen molar-refractivity contribution in [3.8, 4) is 0 Å². The predicted octanol–water partition coefficient (Wildman–Crippen LogP) is 0.949. The van der Waals surface area contributed by atoms with Gasteiger partial charge in [-0.25, -0.2) is 0 Å². The molecule has 1 aromatic heterocycles. The van der Waals surface area contributed by atoms with Crippen LogP contribution in [-0.4, -0.2) is 29.2 Å². The van der Waals surface area contributed by atoms with Gasteiger partial charge in [0.15, 0.2) is 0 Å². The standard InChI is InChI=1S/C18H18N2O4/c21-14(19-7-9-2-1-5-24-9)8-20-17(22)15-10-3-4-11(13-6-12(10)13)16(15)18(20)23/h1-5,10-13,15-16H,6-8H2,(H,19,21)/t10-,11-,12-,13+,15+,16+/m0/s1. The number of rotatable bonds is 4. The van der Waals surface area contributed by atoms with E-state index in [1.807, 2.05) is 0 Å². The van der Waals surface area contributed by atoms with Gasteiger partial charge in [-0.2, -0.15) is 0 Å². The van der Waals surface area contributed by atoms with Crippen LogP contribution in [0.1, 0.15) is 12.2 Å². The maximum Gasteiger partial charge on any atom is 0.240 e. The van der Waals surface area contributed by atoms with E-state index in [1.54, 1.807) is 12.1 Å². The van der Waals surface area contributed by atoms with Crippen LogP contribution in [-0.2, 0) is 20.9 Å². The van der Waals surface area contributed by atoms with Crippen molar-refractivity contribution in [3.63, 3.8) is 0 Å². The van der Waals surface area contributed by atoms with Crippen LogP contribution in [0, 0.1) is 35.5 Å². The molecular weight excluding hydrogens is 308 g/mol. The minimum atomic E-state index is -0.336. The Balaban J connectivity index is 1.29. The molecule has 2 heterocycles. The number of carbonyl (C=O) groups is 3. The summed E-state index contributed by atoms with van der Waals surface area (Å²) in [4.78, 5) is 38.8. The van der Waals surface area contributed by atoms with Gasteiger partial charge in [0, 0.05) is 0 Å². The van der Waals surface area contributed by atoms with E-state index in [-0.39, 0.29) is 54.5 Å². The molecule has 3 fully saturated rings. The molecule has 0 radical (unpaired) electrons. The van der Waals surface area contributed by atoms with Crippen molar-refractivity contribution >= 4 is 17.7 Å². The third kappa shape index (κ3) is 1.85. The van der Waals surface area contributed by atoms with Gasteiger partial charge in [0.25, 0.3) is 0 Å². The van der Waals surface area contributed by atoms with Gasteiger partial charge >= 0.3 is 0 Å². The lowest BCUT2D eigenvalue weighted by atomic mass is 9.63. The number of furan rings is 1. The molecule has 3 amide bonds. The second-order valence-corrected chi connectivity index (χ2v) is 7.27. The molecule has 4 aliphatic carbocycles. The van der Waals surface area contributed by atoms with Crippen LogP contribution < -0.4 is 5.32 Å². The molecule has 1 N–H and O–H groups in total. The summed E-state index contributed by atoms with van der Waals surface area (Å²) in [5, 5.41) is 2.70. The van der Waals surface area contributed by atoms with Crippen molar-refractivity contribution in [2.75, 3.05) is 6.54 Å². The molecule has 124 valence electrons. The first-order valence-electron chi connectivity index (χ1n) is 8.48. The molecule has 2 bridgehead atoms. The minimum absolute atomic E-state index is 0.164. The minimum Gasteiger partial charge on any atom is -0.467 e. The van der Waals surface area contributed by atoms with Crippen molar-refractivity contribution in [3.05, 3.63) is 36.3 Å². The summed E-state index contributed by atoms with van der Waals surface area (Å²) in [5.41, 5.74) is 0. The highest BCUT2D eigenvalue weighted by atomic mass is 16.3. The smallest absolute Gasteiger partial charge is 0.240 e. The van der Waals surface area contributed by atoms with Crippen molar-refractivity contribution in [2.45, 2.75) is 13.0 Å². The highest BCUT2D eigenvalue weighted by Gasteiger charge is 2.67. The molecule has 6 atom stereocenters. The maximum absolute atomic E-state index is 12.7. The van der Waals surface area contributed by atoms with E-state index in [4.69, 9.17) is 4.42 Å². The van der Waals surface area contributed by atoms with Crippen LogP contribution in [0.4, 0.5) is 0 Å². The Labute approximate surface area is 138 Å². The molecule has 0 spiro atoms. The monoisotopic (exact) mass is 326 g/mol. The van der Waals surface area contributed by atoms with Crippen LogP contribution in [0.25, 0.3) is 0 Å². The Morgan fingerprint density at radius 3 is 2.42 bits per heavy atom. The van der Waals surface area contributed by atoms with Crippen molar-refractivity contribution in [1.29, 1.82) is 0 Å². The predicted molar refractivity (Wildman–Crippen MR) is 82.0 cm³/mol. The van der Waals surface area contributed by atoms with Crippen LogP contribution >= 0.6 is 0 Å². The van der Waals surface area contributed by atoms with E-state index in [0.717, 1.165) is 6.42 Å². The average molecular weight is 326 g/mol. The number of amides is 3. The summed E-state index contributed by atoms with van der Waals surface area (Å²) in [5.74, 6) is 1.02. The van der Waals surface area contributed by atoms with Crippen LogP contribution in [0.3, 0.4) is 0 Å². The summed E-state index contributed by atoms with van der Waals surface area (Å²) in [6.07, 6.45) is 6.94. The van der Waals surface area contributed by atoms with Crippen molar-refractivity contribution in [1.82, 2.24) is 10.2 Å². The first kappa shape index (κ1) is 14.0. The average Bonchev–Trinajstić information content (AvgIpc) is 3.19. The lowest BCUT2D eigenvalue weighted by Gasteiger charge is -2.37. The van der Waals surface area contributed by atoms with E-state index < -0.39 is 0 Å². The summed E-state index contributed by atoms with van der Waals surface area (Å²) in [6.45, 7) is 0.0615. The number of hydrogen-bond acceptors (Lipinski definition) is 4. The van der Waals surface area contributed by atoms with Gasteiger partial charge in [0.1, 0.15) is 12.3 Å². The Morgan fingerprint density at radius 1 is 1.17 bits per heavy atom. The number of nitrogens with zero attached hydrogens (tertiary/aromatic N) is 1. The Bertz CT molecular complexity index is 717. The van der Waals surface area contributed by atoms with Crippen molar-refractivity contribution < 1.29 is 18.8 Å². The summed E-state index contributed by atoms with van der Waals surface area (Å²) in [6, 6.07) is 3.50. The zero-order valence-electron chi connectivity index (χ0n) is 13.1. The lowest BCUT2D eigenvalue weighted by Crippen LogP contribution is -2.41. The molecule has 5 aliphatic rings. The summed E-state index contributed by atoms with van der Waals surface area (Å²) >= 11 is 0. The third-order valence-corrected chi connectivity index (χ3v) is 6.10. The van der Waals surface area contributed by atoms with Gasteiger partial charge in [0.2, 0.25) is 17.7 Å². The fraction of sp³-hybridized carbons (Fsp3) is 0.500. The molecule has 2 saturated carbocycles. The number of hydrogen-bond donors (Lipinski definition) is 1. The maximum atomic E-state index is 12.7. The van der Waals surface area contributed by atoms with E-state index in [2.05, 4.69) is 17.5 Å². The summed E-state index contributed by atoms with van der Waals surface area (Å²) < 4.78 is 5.16. The molecule has 24 heavy (non-hydrogen) atoms. The van der Waals surface area contributed by atoms with E-state index in [0.29, 0.717) is 17.6 Å². The van der Waals surface area contributed by atoms with Gasteiger partial charge in [-0.3, -0.25) is 19.3 Å². The molecule has 0 aromatic carbocycles. The molecule has 1 saturated heterocycles. The van der Waals surface area contributed by atoms with Gasteiger partial charge in [-0.1, -0.05) is 12.2 Å². The fourth-order valence-corrected chi connectivity index (χ4v) is 4.97. The van der Waals surface area contributed by atoms with Gasteiger partial charge in [-0.15, -0.1) is 0 Å². The van der Waals surface area contributed by atoms with E-state index in [1.165, 1.54) is 11.2 Å². The van der Waals surface area contributed by atoms with Gasteiger partial charge < -0.3 is 9.73 Å². The first-order valence-corrected chi connectivity index (χ1v) is 8.48. The topological polar surface area (TPSA) is 79.6 Å². The number of likely N-dealkylation sites (tertiary alicyclic amines) is 1. The number of allylic oxidation sites excluding steroid dienone is 2. The highest BCUT2D eigenvalue weighted by molar-refractivity contribution is 6.08. The van der Waals surface area contributed by atoms with Gasteiger partial charge in [-0.05, 0) is 42.2 Å². The number of imide groups is 1. The molecule has 1 aromatic rings. The second kappa shape index (κ2) is 4.82. The Hall–Kier alpha value is -2.37. The Kier molecular flexibility index (Phi) is 2.81. The molecule has 6 nitrogen and oxygen atoms in total. The zero-order chi connectivity index (χ0) is 16.4. The van der Waals surface area contributed by atoms with Crippen LogP contribution in [0.5, 0.6) is 0 Å². The molecule has 6 rings (SSSR count). The number of carbonyl (C=O) groups excluding carboxylic acids is 3. The zero-order valence-corrected chi connectivity index (χ0v) is 13.1. The van der Waals surface area contributed by atoms with E-state index >= 15 is 0 Å². The first-order chi connectivity index (χ1) is 11.6. The second-order valence-electron chi connectivity index (χ2n) is 7.27. The highest BCUT2D eigenvalue weighted by Crippen LogP contribution is 2.65. The Morgan fingerprint density at radius 2 is 1.83 bits per heavy atom. The van der Waals surface area contributed by atoms with E-state index in [9.17, 15) is 14.4 Å². The van der Waals surface area contributed by atoms with Gasteiger partial charge in [0.05, 0.1) is 24.6 Å². The SMILES string of the molecule is O=C(CN1C(=O)[C@@H]2[C@H]3C=C[C@@H]([C@@H]4C[C@H]34)[C@H]2C1=O)NCc1ccco1. The number of nitrogens with one attached hydrogen (secondary N) is 1. The van der Waals surface area contributed by atoms with Crippen LogP contribution in [0.15, 0.2) is 35.0 Å². The third-order valence-electron chi connectivity index (χ3n) is 6.10. The quantitative estimate of drug-likeness (QED) is 0.660. The molecular formula is C18H18N2O4. The lowest BCUT2D eigenvalue weighted by molar-refractivity contribution is -0.143. The molecule has 6 heteroatoms. The van der Waals surface area contributed by atoms with Crippen molar-refractivity contribution in [2.24, 2.45) is 35.5 Å². The fourth-order valence-electron chi connectivity index (χ4n) is 4.97. The molecule has 1 aliphatic heterocycles. The normalized spacial score (nSPS) is 38.2. The van der Waals surface area contributed by atoms with Crippen LogP contribution in [0.2, 0.25) is 0 Å².